The first kappa shape index (κ1) is 16.5. The van der Waals surface area contributed by atoms with Gasteiger partial charge in [0.2, 0.25) is 5.76 Å². The van der Waals surface area contributed by atoms with Crippen molar-refractivity contribution in [3.05, 3.63) is 41.7 Å². The molecule has 0 atom stereocenters. The Morgan fingerprint density at radius 1 is 1.23 bits per heavy atom. The third kappa shape index (κ3) is 3.67. The zero-order valence-electron chi connectivity index (χ0n) is 12.5. The molecule has 3 rings (SSSR count). The number of hydrogen-bond acceptors (Lipinski definition) is 4. The first-order valence-corrected chi connectivity index (χ1v) is 7.28. The maximum absolute atomic E-state index is 12.4. The van der Waals surface area contributed by atoms with E-state index in [0.29, 0.717) is 18.0 Å². The predicted octanol–water partition coefficient (Wildman–Crippen LogP) is 2.51. The Bertz CT molecular complexity index is 617. The molecule has 1 aromatic carbocycles. The summed E-state index contributed by atoms with van der Waals surface area (Å²) in [7, 11) is 0. The minimum Gasteiger partial charge on any atom is -0.350 e. The number of carbonyl (C=O) groups is 1. The highest BCUT2D eigenvalue weighted by Crippen LogP contribution is 2.20. The minimum absolute atomic E-state index is 0. The average Bonchev–Trinajstić information content (AvgIpc) is 2.83. The van der Waals surface area contributed by atoms with Crippen LogP contribution in [-0.4, -0.2) is 42.1 Å². The largest absolute Gasteiger partial charge is 0.350 e. The number of carbonyl (C=O) groups excluding carboxylic acids is 1. The molecule has 118 valence electrons. The summed E-state index contributed by atoms with van der Waals surface area (Å²) in [5.41, 5.74) is 2.85. The van der Waals surface area contributed by atoms with Crippen molar-refractivity contribution in [2.45, 2.75) is 13.3 Å². The Hall–Kier alpha value is -1.85. The van der Waals surface area contributed by atoms with Crippen LogP contribution in [0.1, 0.15) is 22.5 Å². The zero-order chi connectivity index (χ0) is 14.7. The number of nitrogens with one attached hydrogen (secondary N) is 1. The first-order chi connectivity index (χ1) is 10.2. The molecule has 0 bridgehead atoms. The molecule has 1 aliphatic heterocycles. The van der Waals surface area contributed by atoms with Gasteiger partial charge in [-0.15, -0.1) is 12.4 Å². The topological polar surface area (TPSA) is 58.4 Å². The lowest BCUT2D eigenvalue weighted by Gasteiger charge is -2.17. The normalized spacial score (nSPS) is 15.0. The molecule has 1 aromatic heterocycles. The molecule has 1 amide bonds. The third-order valence-electron chi connectivity index (χ3n) is 3.70. The summed E-state index contributed by atoms with van der Waals surface area (Å²) in [5, 5.41) is 7.30. The fraction of sp³-hybridized carbons (Fsp3) is 0.375. The van der Waals surface area contributed by atoms with E-state index in [0.717, 1.165) is 31.6 Å². The van der Waals surface area contributed by atoms with Crippen LogP contribution >= 0.6 is 12.4 Å². The van der Waals surface area contributed by atoms with E-state index < -0.39 is 0 Å². The van der Waals surface area contributed by atoms with Crippen molar-refractivity contribution in [2.75, 3.05) is 26.2 Å². The van der Waals surface area contributed by atoms with E-state index in [-0.39, 0.29) is 18.3 Å². The second kappa shape index (κ2) is 7.42. The van der Waals surface area contributed by atoms with Gasteiger partial charge in [0.25, 0.3) is 5.91 Å². The first-order valence-electron chi connectivity index (χ1n) is 7.28. The summed E-state index contributed by atoms with van der Waals surface area (Å²) in [6, 6.07) is 9.73. The summed E-state index contributed by atoms with van der Waals surface area (Å²) in [4.78, 5) is 14.2. The summed E-state index contributed by atoms with van der Waals surface area (Å²) in [6.45, 7) is 5.28. The van der Waals surface area contributed by atoms with Gasteiger partial charge in [0.15, 0.2) is 0 Å². The highest BCUT2D eigenvalue weighted by molar-refractivity contribution is 5.92. The van der Waals surface area contributed by atoms with Gasteiger partial charge in [-0.2, -0.15) is 0 Å². The molecule has 1 aliphatic rings. The second-order valence-electron chi connectivity index (χ2n) is 5.34. The number of aryl methyl sites for hydroxylation is 1. The zero-order valence-corrected chi connectivity index (χ0v) is 13.4. The van der Waals surface area contributed by atoms with Gasteiger partial charge in [0.05, 0.1) is 0 Å². The Morgan fingerprint density at radius 3 is 2.77 bits per heavy atom. The molecule has 6 heteroatoms. The van der Waals surface area contributed by atoms with Gasteiger partial charge in [-0.3, -0.25) is 4.79 Å². The van der Waals surface area contributed by atoms with Gasteiger partial charge in [0, 0.05) is 31.3 Å². The number of aromatic nitrogens is 1. The molecular formula is C16H20ClN3O2. The van der Waals surface area contributed by atoms with Gasteiger partial charge >= 0.3 is 0 Å². The number of halogens is 1. The highest BCUT2D eigenvalue weighted by Gasteiger charge is 2.21. The van der Waals surface area contributed by atoms with Crippen molar-refractivity contribution in [2.24, 2.45) is 0 Å². The smallest absolute Gasteiger partial charge is 0.292 e. The minimum atomic E-state index is -0.0791. The van der Waals surface area contributed by atoms with Gasteiger partial charge in [-0.25, -0.2) is 0 Å². The van der Waals surface area contributed by atoms with E-state index in [9.17, 15) is 4.79 Å². The van der Waals surface area contributed by atoms with Crippen molar-refractivity contribution < 1.29 is 9.32 Å². The van der Waals surface area contributed by atoms with E-state index in [1.54, 1.807) is 6.07 Å². The Balaban J connectivity index is 0.00000176. The molecule has 2 heterocycles. The molecule has 1 fully saturated rings. The van der Waals surface area contributed by atoms with Crippen LogP contribution in [0, 0.1) is 6.92 Å². The molecule has 0 aliphatic carbocycles. The molecule has 0 saturated carbocycles. The molecule has 0 unspecified atom stereocenters. The monoisotopic (exact) mass is 321 g/mol. The van der Waals surface area contributed by atoms with Crippen molar-refractivity contribution >= 4 is 18.3 Å². The molecule has 1 saturated heterocycles. The summed E-state index contributed by atoms with van der Waals surface area (Å²) in [5.74, 6) is 0.233. The van der Waals surface area contributed by atoms with Crippen LogP contribution in [0.2, 0.25) is 0 Å². The summed E-state index contributed by atoms with van der Waals surface area (Å²) in [6.07, 6.45) is 0.963. The average molecular weight is 322 g/mol. The van der Waals surface area contributed by atoms with Crippen LogP contribution in [0.4, 0.5) is 0 Å². The second-order valence-corrected chi connectivity index (χ2v) is 5.34. The van der Waals surface area contributed by atoms with Crippen LogP contribution in [-0.2, 0) is 0 Å². The summed E-state index contributed by atoms with van der Waals surface area (Å²) >= 11 is 0. The quantitative estimate of drug-likeness (QED) is 0.923. The molecule has 0 spiro atoms. The molecule has 22 heavy (non-hydrogen) atoms. The number of rotatable bonds is 2. The van der Waals surface area contributed by atoms with Crippen molar-refractivity contribution in [1.29, 1.82) is 0 Å². The standard InChI is InChI=1S/C16H19N3O2.ClH/c1-12-3-5-13(6-4-12)14-11-15(21-18-14)16(20)19-9-2-7-17-8-10-19;/h3-6,11,17H,2,7-10H2,1H3;1H. The molecule has 2 aromatic rings. The fourth-order valence-corrected chi connectivity index (χ4v) is 2.44. The van der Waals surface area contributed by atoms with Crippen LogP contribution < -0.4 is 5.32 Å². The Labute approximate surface area is 136 Å². The van der Waals surface area contributed by atoms with Crippen molar-refractivity contribution in [1.82, 2.24) is 15.4 Å². The fourth-order valence-electron chi connectivity index (χ4n) is 2.44. The van der Waals surface area contributed by atoms with E-state index in [1.807, 2.05) is 36.1 Å². The van der Waals surface area contributed by atoms with E-state index in [1.165, 1.54) is 5.56 Å². The molecular weight excluding hydrogens is 302 g/mol. The Morgan fingerprint density at radius 2 is 2.00 bits per heavy atom. The Kier molecular flexibility index (Phi) is 5.57. The van der Waals surface area contributed by atoms with Gasteiger partial charge < -0.3 is 14.7 Å². The maximum Gasteiger partial charge on any atom is 0.292 e. The van der Waals surface area contributed by atoms with E-state index in [4.69, 9.17) is 4.52 Å². The van der Waals surface area contributed by atoms with Gasteiger partial charge in [-0.1, -0.05) is 35.0 Å². The third-order valence-corrected chi connectivity index (χ3v) is 3.70. The van der Waals surface area contributed by atoms with E-state index in [2.05, 4.69) is 10.5 Å². The molecule has 5 nitrogen and oxygen atoms in total. The van der Waals surface area contributed by atoms with Crippen LogP contribution in [0.3, 0.4) is 0 Å². The lowest BCUT2D eigenvalue weighted by molar-refractivity contribution is 0.0724. The van der Waals surface area contributed by atoms with Crippen molar-refractivity contribution in [3.8, 4) is 11.3 Å². The number of nitrogens with zero attached hydrogens (tertiary/aromatic N) is 2. The SMILES string of the molecule is Cc1ccc(-c2cc(C(=O)N3CCCNCC3)on2)cc1.Cl. The number of amides is 1. The highest BCUT2D eigenvalue weighted by atomic mass is 35.5. The lowest BCUT2D eigenvalue weighted by Crippen LogP contribution is -2.33. The van der Waals surface area contributed by atoms with Crippen LogP contribution in [0.25, 0.3) is 11.3 Å². The molecule has 1 N–H and O–H groups in total. The number of benzene rings is 1. The number of hydrogen-bond donors (Lipinski definition) is 1. The predicted molar refractivity (Wildman–Crippen MR) is 87.3 cm³/mol. The molecule has 0 radical (unpaired) electrons. The van der Waals surface area contributed by atoms with Crippen LogP contribution in [0.5, 0.6) is 0 Å². The van der Waals surface area contributed by atoms with Crippen LogP contribution in [0.15, 0.2) is 34.9 Å². The van der Waals surface area contributed by atoms with Gasteiger partial charge in [-0.05, 0) is 19.9 Å². The van der Waals surface area contributed by atoms with E-state index >= 15 is 0 Å². The van der Waals surface area contributed by atoms with Gasteiger partial charge in [0.1, 0.15) is 5.69 Å². The maximum atomic E-state index is 12.4. The summed E-state index contributed by atoms with van der Waals surface area (Å²) < 4.78 is 5.24. The lowest BCUT2D eigenvalue weighted by atomic mass is 10.1. The van der Waals surface area contributed by atoms with Crippen molar-refractivity contribution in [3.63, 3.8) is 0 Å².